The van der Waals surface area contributed by atoms with E-state index < -0.39 is 9.84 Å². The molecule has 1 N–H and O–H groups in total. The van der Waals surface area contributed by atoms with Crippen LogP contribution in [0.2, 0.25) is 0 Å². The Morgan fingerprint density at radius 1 is 1.15 bits per heavy atom. The number of benzene rings is 1. The number of hydrogen-bond acceptors (Lipinski definition) is 3. The first-order valence-electron chi connectivity index (χ1n) is 9.05. The highest BCUT2D eigenvalue weighted by molar-refractivity contribution is 14.0. The summed E-state index contributed by atoms with van der Waals surface area (Å²) in [6, 6.07) is 7.69. The molecule has 1 aromatic rings. The lowest BCUT2D eigenvalue weighted by Crippen LogP contribution is -2.48. The first kappa shape index (κ1) is 23.2. The van der Waals surface area contributed by atoms with Crippen LogP contribution < -0.4 is 5.32 Å². The van der Waals surface area contributed by atoms with Crippen LogP contribution in [0.4, 0.5) is 0 Å². The van der Waals surface area contributed by atoms with E-state index in [9.17, 15) is 8.42 Å². The van der Waals surface area contributed by atoms with E-state index in [0.29, 0.717) is 18.4 Å². The van der Waals surface area contributed by atoms with Crippen molar-refractivity contribution in [1.29, 1.82) is 0 Å². The number of sulfone groups is 1. The monoisotopic (exact) mass is 493 g/mol. The van der Waals surface area contributed by atoms with Crippen molar-refractivity contribution in [3.63, 3.8) is 0 Å². The quantitative estimate of drug-likeness (QED) is 0.389. The molecule has 1 fully saturated rings. The summed E-state index contributed by atoms with van der Waals surface area (Å²) >= 11 is 0. The molecule has 2 rings (SSSR count). The van der Waals surface area contributed by atoms with E-state index in [0.717, 1.165) is 36.7 Å². The lowest BCUT2D eigenvalue weighted by molar-refractivity contribution is 0.208. The standard InChI is InChI=1S/C19H31N3O2S.HI/c1-5-20-19(22-12-15(2)10-16(3)13-22)21-11-17-6-8-18(9-7-17)14-25(4,23)24;/h6-9,15-16H,5,10-14H2,1-4H3,(H,20,21);1H. The lowest BCUT2D eigenvalue weighted by Gasteiger charge is -2.37. The minimum atomic E-state index is -2.99. The van der Waals surface area contributed by atoms with Crippen LogP contribution in [0.25, 0.3) is 0 Å². The van der Waals surface area contributed by atoms with Gasteiger partial charge in [-0.15, -0.1) is 24.0 Å². The Labute approximate surface area is 175 Å². The average Bonchev–Trinajstić information content (AvgIpc) is 2.50. The fraction of sp³-hybridized carbons (Fsp3) is 0.632. The Morgan fingerprint density at radius 3 is 2.19 bits per heavy atom. The minimum absolute atomic E-state index is 0. The molecular formula is C19H32IN3O2S. The number of nitrogens with zero attached hydrogens (tertiary/aromatic N) is 2. The molecule has 0 bridgehead atoms. The van der Waals surface area contributed by atoms with Crippen molar-refractivity contribution in [2.24, 2.45) is 16.8 Å². The van der Waals surface area contributed by atoms with Crippen molar-refractivity contribution < 1.29 is 8.42 Å². The summed E-state index contributed by atoms with van der Waals surface area (Å²) in [5, 5.41) is 3.40. The van der Waals surface area contributed by atoms with Crippen LogP contribution in [-0.4, -0.2) is 45.2 Å². The number of hydrogen-bond donors (Lipinski definition) is 1. The highest BCUT2D eigenvalue weighted by atomic mass is 127. The zero-order valence-corrected chi connectivity index (χ0v) is 19.4. The predicted molar refractivity (Wildman–Crippen MR) is 120 cm³/mol. The summed E-state index contributed by atoms with van der Waals surface area (Å²) in [4.78, 5) is 7.16. The van der Waals surface area contributed by atoms with Crippen LogP contribution in [0.3, 0.4) is 0 Å². The number of guanidine groups is 1. The zero-order valence-electron chi connectivity index (χ0n) is 16.2. The molecule has 0 aliphatic carbocycles. The second-order valence-electron chi connectivity index (χ2n) is 7.41. The van der Waals surface area contributed by atoms with Gasteiger partial charge in [-0.1, -0.05) is 38.1 Å². The number of rotatable bonds is 5. The third-order valence-corrected chi connectivity index (χ3v) is 5.22. The van der Waals surface area contributed by atoms with Gasteiger partial charge in [0.15, 0.2) is 15.8 Å². The number of likely N-dealkylation sites (tertiary alicyclic amines) is 1. The van der Waals surface area contributed by atoms with Gasteiger partial charge in [-0.25, -0.2) is 13.4 Å². The molecule has 148 valence electrons. The second kappa shape index (κ2) is 10.5. The van der Waals surface area contributed by atoms with Crippen molar-refractivity contribution in [3.8, 4) is 0 Å². The Bertz CT molecular complexity index is 679. The first-order valence-corrected chi connectivity index (χ1v) is 11.1. The second-order valence-corrected chi connectivity index (χ2v) is 9.55. The van der Waals surface area contributed by atoms with Crippen molar-refractivity contribution in [3.05, 3.63) is 35.4 Å². The Kier molecular flexibility index (Phi) is 9.36. The van der Waals surface area contributed by atoms with Crippen LogP contribution in [0.1, 0.15) is 38.3 Å². The van der Waals surface area contributed by atoms with Crippen LogP contribution in [-0.2, 0) is 22.1 Å². The van der Waals surface area contributed by atoms with Crippen molar-refractivity contribution in [2.75, 3.05) is 25.9 Å². The molecule has 26 heavy (non-hydrogen) atoms. The van der Waals surface area contributed by atoms with E-state index in [2.05, 4.69) is 31.0 Å². The van der Waals surface area contributed by atoms with E-state index in [1.807, 2.05) is 24.3 Å². The van der Waals surface area contributed by atoms with Gasteiger partial charge >= 0.3 is 0 Å². The molecule has 1 heterocycles. The SMILES string of the molecule is CCNC(=NCc1ccc(CS(C)(=O)=O)cc1)N1CC(C)CC(C)C1.I. The largest absolute Gasteiger partial charge is 0.357 e. The highest BCUT2D eigenvalue weighted by Crippen LogP contribution is 2.21. The van der Waals surface area contributed by atoms with Crippen LogP contribution in [0, 0.1) is 11.8 Å². The molecular weight excluding hydrogens is 461 g/mol. The van der Waals surface area contributed by atoms with E-state index in [-0.39, 0.29) is 29.7 Å². The molecule has 0 aromatic heterocycles. The van der Waals surface area contributed by atoms with Gasteiger partial charge in [-0.05, 0) is 36.3 Å². The molecule has 2 atom stereocenters. The summed E-state index contributed by atoms with van der Waals surface area (Å²) in [5.74, 6) is 2.43. The minimum Gasteiger partial charge on any atom is -0.357 e. The van der Waals surface area contributed by atoms with Crippen LogP contribution in [0.5, 0.6) is 0 Å². The van der Waals surface area contributed by atoms with E-state index in [1.54, 1.807) is 0 Å². The number of nitrogens with one attached hydrogen (secondary N) is 1. The van der Waals surface area contributed by atoms with E-state index >= 15 is 0 Å². The van der Waals surface area contributed by atoms with Gasteiger partial charge in [0.25, 0.3) is 0 Å². The van der Waals surface area contributed by atoms with Gasteiger partial charge in [0.2, 0.25) is 0 Å². The smallest absolute Gasteiger partial charge is 0.194 e. The summed E-state index contributed by atoms with van der Waals surface area (Å²) in [6.45, 7) is 10.2. The molecule has 1 saturated heterocycles. The molecule has 7 heteroatoms. The Balaban J connectivity index is 0.00000338. The first-order chi connectivity index (χ1) is 11.8. The molecule has 0 amide bonds. The molecule has 0 saturated carbocycles. The topological polar surface area (TPSA) is 61.8 Å². The maximum Gasteiger partial charge on any atom is 0.194 e. The summed E-state index contributed by atoms with van der Waals surface area (Å²) in [7, 11) is -2.99. The van der Waals surface area contributed by atoms with Gasteiger partial charge in [0, 0.05) is 25.9 Å². The summed E-state index contributed by atoms with van der Waals surface area (Å²) in [6.07, 6.45) is 2.53. The average molecular weight is 493 g/mol. The molecule has 1 aromatic carbocycles. The van der Waals surface area contributed by atoms with Gasteiger partial charge in [0.1, 0.15) is 0 Å². The zero-order chi connectivity index (χ0) is 18.4. The summed E-state index contributed by atoms with van der Waals surface area (Å²) < 4.78 is 22.7. The number of piperidine rings is 1. The maximum absolute atomic E-state index is 11.4. The Hall–Kier alpha value is -0.830. The molecule has 0 spiro atoms. The molecule has 1 aliphatic rings. The lowest BCUT2D eigenvalue weighted by atomic mass is 9.92. The van der Waals surface area contributed by atoms with Crippen molar-refractivity contribution in [2.45, 2.75) is 39.5 Å². The normalized spacial score (nSPS) is 21.2. The van der Waals surface area contributed by atoms with Crippen molar-refractivity contribution >= 4 is 39.8 Å². The molecule has 0 radical (unpaired) electrons. The highest BCUT2D eigenvalue weighted by Gasteiger charge is 2.23. The summed E-state index contributed by atoms with van der Waals surface area (Å²) in [5.41, 5.74) is 1.91. The molecule has 1 aliphatic heterocycles. The maximum atomic E-state index is 11.4. The van der Waals surface area contributed by atoms with Gasteiger partial charge in [-0.3, -0.25) is 0 Å². The molecule has 5 nitrogen and oxygen atoms in total. The molecule has 2 unspecified atom stereocenters. The van der Waals surface area contributed by atoms with Gasteiger partial charge in [-0.2, -0.15) is 0 Å². The van der Waals surface area contributed by atoms with Crippen molar-refractivity contribution in [1.82, 2.24) is 10.2 Å². The third-order valence-electron chi connectivity index (χ3n) is 4.37. The van der Waals surface area contributed by atoms with Gasteiger partial charge < -0.3 is 10.2 Å². The number of halogens is 1. The number of aliphatic imine (C=N–C) groups is 1. The Morgan fingerprint density at radius 2 is 1.69 bits per heavy atom. The predicted octanol–water partition coefficient (Wildman–Crippen LogP) is 3.29. The van der Waals surface area contributed by atoms with Gasteiger partial charge in [0.05, 0.1) is 12.3 Å². The third kappa shape index (κ3) is 7.82. The van der Waals surface area contributed by atoms with Crippen LogP contribution in [0.15, 0.2) is 29.3 Å². The van der Waals surface area contributed by atoms with E-state index in [4.69, 9.17) is 4.99 Å². The van der Waals surface area contributed by atoms with Crippen LogP contribution >= 0.6 is 24.0 Å². The van der Waals surface area contributed by atoms with E-state index in [1.165, 1.54) is 12.7 Å². The fourth-order valence-corrected chi connectivity index (χ4v) is 4.27. The fourth-order valence-electron chi connectivity index (χ4n) is 3.47.